The lowest BCUT2D eigenvalue weighted by Gasteiger charge is -2.11. The van der Waals surface area contributed by atoms with E-state index >= 15 is 0 Å². The van der Waals surface area contributed by atoms with Gasteiger partial charge in [0.2, 0.25) is 10.0 Å². The molecule has 0 saturated carbocycles. The lowest BCUT2D eigenvalue weighted by Crippen LogP contribution is -2.36. The summed E-state index contributed by atoms with van der Waals surface area (Å²) in [7, 11) is -3.26. The van der Waals surface area contributed by atoms with Crippen molar-refractivity contribution in [1.29, 1.82) is 0 Å². The summed E-state index contributed by atoms with van der Waals surface area (Å²) < 4.78 is 28.1. The van der Waals surface area contributed by atoms with Crippen molar-refractivity contribution in [3.63, 3.8) is 0 Å². The zero-order valence-corrected chi connectivity index (χ0v) is 11.3. The monoisotopic (exact) mass is 273 g/mol. The summed E-state index contributed by atoms with van der Waals surface area (Å²) in [6.07, 6.45) is 3.57. The van der Waals surface area contributed by atoms with Gasteiger partial charge in [-0.15, -0.1) is 10.2 Å². The number of hydrogen-bond acceptors (Lipinski definition) is 5. The summed E-state index contributed by atoms with van der Waals surface area (Å²) in [5, 5.41) is 10.8. The highest BCUT2D eigenvalue weighted by Crippen LogP contribution is 2.07. The van der Waals surface area contributed by atoms with Crippen molar-refractivity contribution < 1.29 is 8.42 Å². The highest BCUT2D eigenvalue weighted by atomic mass is 32.2. The lowest BCUT2D eigenvalue weighted by molar-refractivity contribution is 0.558. The van der Waals surface area contributed by atoms with Crippen molar-refractivity contribution in [2.24, 2.45) is 0 Å². The van der Waals surface area contributed by atoms with E-state index in [1.54, 1.807) is 6.33 Å². The molecule has 1 aromatic rings. The molecular weight excluding hydrogens is 254 g/mol. The summed E-state index contributed by atoms with van der Waals surface area (Å²) in [4.78, 5) is 0. The minimum absolute atomic E-state index is 0.0755. The fraction of sp³-hybridized carbons (Fsp3) is 0.800. The molecule has 0 spiro atoms. The quantitative estimate of drug-likeness (QED) is 0.727. The van der Waals surface area contributed by atoms with Crippen LogP contribution in [0.25, 0.3) is 0 Å². The van der Waals surface area contributed by atoms with Crippen LogP contribution in [-0.4, -0.2) is 41.5 Å². The van der Waals surface area contributed by atoms with E-state index in [9.17, 15) is 8.42 Å². The van der Waals surface area contributed by atoms with Crippen molar-refractivity contribution in [1.82, 2.24) is 24.8 Å². The molecule has 18 heavy (non-hydrogen) atoms. The average Bonchev–Trinajstić information content (AvgIpc) is 2.96. The molecule has 1 atom stereocenters. The molecular formula is C10H19N5O2S. The zero-order valence-electron chi connectivity index (χ0n) is 10.5. The molecule has 2 heterocycles. The molecule has 0 aromatic carbocycles. The van der Waals surface area contributed by atoms with Gasteiger partial charge in [-0.05, 0) is 26.3 Å². The molecule has 102 valence electrons. The Morgan fingerprint density at radius 1 is 1.61 bits per heavy atom. The van der Waals surface area contributed by atoms with Crippen LogP contribution in [0.4, 0.5) is 0 Å². The van der Waals surface area contributed by atoms with Crippen molar-refractivity contribution >= 4 is 10.0 Å². The van der Waals surface area contributed by atoms with Crippen LogP contribution in [0.1, 0.15) is 25.6 Å². The normalized spacial score (nSPS) is 20.4. The lowest BCUT2D eigenvalue weighted by atomic mass is 10.3. The third-order valence-electron chi connectivity index (χ3n) is 3.07. The first-order chi connectivity index (χ1) is 8.61. The Kier molecular flexibility index (Phi) is 4.31. The molecule has 1 unspecified atom stereocenters. The van der Waals surface area contributed by atoms with Crippen LogP contribution in [0, 0.1) is 0 Å². The zero-order chi connectivity index (χ0) is 13.0. The molecule has 0 bridgehead atoms. The predicted molar refractivity (Wildman–Crippen MR) is 67.3 cm³/mol. The van der Waals surface area contributed by atoms with Crippen LogP contribution in [0.5, 0.6) is 0 Å². The van der Waals surface area contributed by atoms with E-state index in [0.29, 0.717) is 5.82 Å². The average molecular weight is 273 g/mol. The van der Waals surface area contributed by atoms with E-state index in [1.807, 2.05) is 11.5 Å². The molecule has 1 aromatic heterocycles. The molecule has 1 aliphatic rings. The van der Waals surface area contributed by atoms with E-state index in [4.69, 9.17) is 0 Å². The fourth-order valence-electron chi connectivity index (χ4n) is 2.08. The Morgan fingerprint density at radius 2 is 2.44 bits per heavy atom. The van der Waals surface area contributed by atoms with Gasteiger partial charge in [-0.3, -0.25) is 0 Å². The molecule has 0 amide bonds. The molecule has 1 aliphatic heterocycles. The first-order valence-electron chi connectivity index (χ1n) is 6.18. The van der Waals surface area contributed by atoms with Gasteiger partial charge in [0.25, 0.3) is 0 Å². The third-order valence-corrected chi connectivity index (χ3v) is 4.49. The minimum atomic E-state index is -3.26. The van der Waals surface area contributed by atoms with Gasteiger partial charge in [-0.1, -0.05) is 0 Å². The van der Waals surface area contributed by atoms with Crippen molar-refractivity contribution in [2.75, 3.05) is 12.3 Å². The second kappa shape index (κ2) is 5.77. The summed E-state index contributed by atoms with van der Waals surface area (Å²) in [6.45, 7) is 3.80. The molecule has 1 saturated heterocycles. The molecule has 8 heteroatoms. The highest BCUT2D eigenvalue weighted by molar-refractivity contribution is 7.89. The molecule has 1 fully saturated rings. The van der Waals surface area contributed by atoms with Crippen molar-refractivity contribution in [3.8, 4) is 0 Å². The smallest absolute Gasteiger partial charge is 0.213 e. The topological polar surface area (TPSA) is 88.9 Å². The number of aromatic nitrogens is 3. The Morgan fingerprint density at radius 3 is 3.11 bits per heavy atom. The first kappa shape index (κ1) is 13.4. The van der Waals surface area contributed by atoms with Gasteiger partial charge in [0.1, 0.15) is 12.2 Å². The Bertz CT molecular complexity index is 478. The van der Waals surface area contributed by atoms with Crippen LogP contribution < -0.4 is 10.0 Å². The number of nitrogens with zero attached hydrogens (tertiary/aromatic N) is 3. The standard InChI is InChI=1S/C10H19N5O2S/c1-2-15-8-12-14-10(15)6-13-18(16,17)7-9-4-3-5-11-9/h8-9,11,13H,2-7H2,1H3. The van der Waals surface area contributed by atoms with E-state index < -0.39 is 10.0 Å². The summed E-state index contributed by atoms with van der Waals surface area (Å²) in [5.74, 6) is 0.772. The van der Waals surface area contributed by atoms with E-state index in [1.165, 1.54) is 0 Å². The number of hydrogen-bond donors (Lipinski definition) is 2. The fourth-order valence-corrected chi connectivity index (χ4v) is 3.36. The van der Waals surface area contributed by atoms with Crippen molar-refractivity contribution in [2.45, 2.75) is 38.9 Å². The molecule has 7 nitrogen and oxygen atoms in total. The SMILES string of the molecule is CCn1cnnc1CNS(=O)(=O)CC1CCCN1. The van der Waals surface area contributed by atoms with Gasteiger partial charge < -0.3 is 9.88 Å². The maximum Gasteiger partial charge on any atom is 0.213 e. The van der Waals surface area contributed by atoms with Crippen molar-refractivity contribution in [3.05, 3.63) is 12.2 Å². The Labute approximate surface area is 107 Å². The molecule has 2 N–H and O–H groups in total. The van der Waals surface area contributed by atoms with Gasteiger partial charge in [0, 0.05) is 12.6 Å². The molecule has 2 rings (SSSR count). The minimum Gasteiger partial charge on any atom is -0.317 e. The van der Waals surface area contributed by atoms with Crippen LogP contribution in [0.15, 0.2) is 6.33 Å². The van der Waals surface area contributed by atoms with Crippen LogP contribution in [-0.2, 0) is 23.1 Å². The Balaban J connectivity index is 1.88. The van der Waals surface area contributed by atoms with E-state index in [-0.39, 0.29) is 18.3 Å². The number of sulfonamides is 1. The van der Waals surface area contributed by atoms with E-state index in [0.717, 1.165) is 25.9 Å². The van der Waals surface area contributed by atoms with Gasteiger partial charge in [0.05, 0.1) is 12.3 Å². The summed E-state index contributed by atoms with van der Waals surface area (Å²) in [6, 6.07) is 0.0755. The molecule has 0 radical (unpaired) electrons. The predicted octanol–water partition coefficient (Wildman–Crippen LogP) is -0.531. The van der Waals surface area contributed by atoms with Gasteiger partial charge >= 0.3 is 0 Å². The van der Waals surface area contributed by atoms with Gasteiger partial charge in [-0.25, -0.2) is 13.1 Å². The summed E-state index contributed by atoms with van der Waals surface area (Å²) in [5.41, 5.74) is 0. The maximum absolute atomic E-state index is 11.9. The number of rotatable bonds is 6. The van der Waals surface area contributed by atoms with Crippen LogP contribution in [0.3, 0.4) is 0 Å². The summed E-state index contributed by atoms with van der Waals surface area (Å²) >= 11 is 0. The van der Waals surface area contributed by atoms with E-state index in [2.05, 4.69) is 20.2 Å². The maximum atomic E-state index is 11.9. The molecule has 0 aliphatic carbocycles. The van der Waals surface area contributed by atoms with Gasteiger partial charge in [-0.2, -0.15) is 0 Å². The number of nitrogens with one attached hydrogen (secondary N) is 2. The second-order valence-electron chi connectivity index (χ2n) is 4.43. The van der Waals surface area contributed by atoms with Crippen LogP contribution in [0.2, 0.25) is 0 Å². The third kappa shape index (κ3) is 3.50. The Hall–Kier alpha value is -0.990. The van der Waals surface area contributed by atoms with Gasteiger partial charge in [0.15, 0.2) is 0 Å². The highest BCUT2D eigenvalue weighted by Gasteiger charge is 2.22. The largest absolute Gasteiger partial charge is 0.317 e. The van der Waals surface area contributed by atoms with Crippen LogP contribution >= 0.6 is 0 Å². The number of aryl methyl sites for hydroxylation is 1. The second-order valence-corrected chi connectivity index (χ2v) is 6.28. The first-order valence-corrected chi connectivity index (χ1v) is 7.83.